The lowest BCUT2D eigenvalue weighted by Gasteiger charge is -2.09. The van der Waals surface area contributed by atoms with Gasteiger partial charge in [0.2, 0.25) is 5.95 Å². The number of anilines is 2. The van der Waals surface area contributed by atoms with E-state index in [4.69, 9.17) is 4.74 Å². The Morgan fingerprint density at radius 1 is 0.871 bits per heavy atom. The second-order valence-corrected chi connectivity index (χ2v) is 7.46. The van der Waals surface area contributed by atoms with E-state index in [1.165, 1.54) is 11.1 Å². The number of aromatic nitrogens is 4. The van der Waals surface area contributed by atoms with E-state index in [9.17, 15) is 0 Å². The molecular weight excluding hydrogens is 386 g/mol. The number of hydrogen-bond donors (Lipinski definition) is 2. The molecule has 6 heteroatoms. The van der Waals surface area contributed by atoms with Gasteiger partial charge in [0.05, 0.1) is 5.52 Å². The van der Waals surface area contributed by atoms with Gasteiger partial charge in [0.1, 0.15) is 11.5 Å². The highest BCUT2D eigenvalue weighted by atomic mass is 16.5. The van der Waals surface area contributed by atoms with Crippen LogP contribution in [-0.2, 0) is 0 Å². The van der Waals surface area contributed by atoms with E-state index in [1.807, 2.05) is 73.7 Å². The Kier molecular flexibility index (Phi) is 4.80. The average Bonchev–Trinajstić information content (AvgIpc) is 3.23. The minimum absolute atomic E-state index is 0.527. The first-order valence-corrected chi connectivity index (χ1v) is 10.0. The monoisotopic (exact) mass is 407 g/mol. The van der Waals surface area contributed by atoms with E-state index in [-0.39, 0.29) is 0 Å². The fourth-order valence-electron chi connectivity index (χ4n) is 3.43. The molecule has 0 atom stereocenters. The van der Waals surface area contributed by atoms with Crippen LogP contribution in [0.2, 0.25) is 0 Å². The fraction of sp³-hybridized carbons (Fsp3) is 0.0800. The first kappa shape index (κ1) is 18.8. The topological polar surface area (TPSA) is 75.7 Å². The molecule has 2 aromatic heterocycles. The predicted octanol–water partition coefficient (Wildman–Crippen LogP) is 6.17. The van der Waals surface area contributed by atoms with Gasteiger partial charge < -0.3 is 10.1 Å². The second-order valence-electron chi connectivity index (χ2n) is 7.46. The van der Waals surface area contributed by atoms with Gasteiger partial charge in [0, 0.05) is 22.8 Å². The highest BCUT2D eigenvalue weighted by Crippen LogP contribution is 2.30. The summed E-state index contributed by atoms with van der Waals surface area (Å²) in [6.07, 6.45) is 1.76. The summed E-state index contributed by atoms with van der Waals surface area (Å²) in [5.74, 6) is 2.74. The largest absolute Gasteiger partial charge is 0.457 e. The third-order valence-electron chi connectivity index (χ3n) is 4.97. The number of H-pyrrole nitrogens is 1. The Morgan fingerprint density at radius 2 is 1.71 bits per heavy atom. The maximum atomic E-state index is 6.13. The van der Waals surface area contributed by atoms with Gasteiger partial charge in [0.25, 0.3) is 0 Å². The van der Waals surface area contributed by atoms with Crippen molar-refractivity contribution in [2.75, 3.05) is 5.32 Å². The van der Waals surface area contributed by atoms with Crippen molar-refractivity contribution >= 4 is 22.5 Å². The number of hydrogen-bond acceptors (Lipinski definition) is 5. The highest BCUT2D eigenvalue weighted by Gasteiger charge is 2.08. The van der Waals surface area contributed by atoms with Crippen molar-refractivity contribution in [3.63, 3.8) is 0 Å². The minimum Gasteiger partial charge on any atom is -0.457 e. The number of nitrogens with zero attached hydrogens (tertiary/aromatic N) is 3. The molecule has 3 aromatic carbocycles. The molecule has 6 nitrogen and oxygen atoms in total. The lowest BCUT2D eigenvalue weighted by Crippen LogP contribution is -1.92. The molecule has 0 radical (unpaired) electrons. The molecule has 0 saturated heterocycles. The van der Waals surface area contributed by atoms with Gasteiger partial charge in [-0.25, -0.2) is 0 Å². The zero-order chi connectivity index (χ0) is 21.2. The van der Waals surface area contributed by atoms with Gasteiger partial charge in [-0.3, -0.25) is 10.1 Å². The van der Waals surface area contributed by atoms with E-state index < -0.39 is 0 Å². The number of ether oxygens (including phenoxy) is 1. The Balaban J connectivity index is 1.34. The van der Waals surface area contributed by atoms with Crippen molar-refractivity contribution < 1.29 is 4.74 Å². The first-order chi connectivity index (χ1) is 15.1. The fourth-order valence-corrected chi connectivity index (χ4v) is 3.43. The van der Waals surface area contributed by atoms with Gasteiger partial charge >= 0.3 is 0 Å². The van der Waals surface area contributed by atoms with Crippen LogP contribution >= 0.6 is 0 Å². The SMILES string of the molecule is Cc1cccc(Nc2n[nH]c(-c3ccc(Oc4ccnc5ccc(C)cc45)cc3)n2)c1. The molecule has 0 spiro atoms. The minimum atomic E-state index is 0.527. The average molecular weight is 407 g/mol. The molecule has 31 heavy (non-hydrogen) atoms. The standard InChI is InChI=1S/C25H21N5O/c1-16-4-3-5-19(14-16)27-25-28-24(29-30-25)18-7-9-20(10-8-18)31-23-12-13-26-22-11-6-17(2)15-21(22)23/h3-15H,1-2H3,(H2,27,28,29,30). The molecule has 0 saturated carbocycles. The van der Waals surface area contributed by atoms with Gasteiger partial charge in [0.15, 0.2) is 5.82 Å². The number of aromatic amines is 1. The quantitative estimate of drug-likeness (QED) is 0.364. The van der Waals surface area contributed by atoms with Crippen LogP contribution in [0, 0.1) is 13.8 Å². The summed E-state index contributed by atoms with van der Waals surface area (Å²) in [7, 11) is 0. The van der Waals surface area contributed by atoms with Crippen LogP contribution in [0.5, 0.6) is 11.5 Å². The number of nitrogens with one attached hydrogen (secondary N) is 2. The molecule has 152 valence electrons. The summed E-state index contributed by atoms with van der Waals surface area (Å²) in [4.78, 5) is 8.95. The van der Waals surface area contributed by atoms with Crippen LogP contribution in [-0.4, -0.2) is 20.2 Å². The van der Waals surface area contributed by atoms with Crippen LogP contribution in [0.1, 0.15) is 11.1 Å². The van der Waals surface area contributed by atoms with Crippen LogP contribution in [0.15, 0.2) is 79.0 Å². The van der Waals surface area contributed by atoms with Gasteiger partial charge in [-0.05, 0) is 74.0 Å². The maximum Gasteiger partial charge on any atom is 0.246 e. The van der Waals surface area contributed by atoms with Crippen molar-refractivity contribution in [1.29, 1.82) is 0 Å². The second kappa shape index (κ2) is 7.91. The van der Waals surface area contributed by atoms with E-state index in [2.05, 4.69) is 38.5 Å². The van der Waals surface area contributed by atoms with Crippen LogP contribution in [0.4, 0.5) is 11.6 Å². The third-order valence-corrected chi connectivity index (χ3v) is 4.97. The Hall–Kier alpha value is -4.19. The molecule has 5 aromatic rings. The molecule has 0 unspecified atom stereocenters. The lowest BCUT2D eigenvalue weighted by atomic mass is 10.1. The van der Waals surface area contributed by atoms with Crippen molar-refractivity contribution in [2.45, 2.75) is 13.8 Å². The summed E-state index contributed by atoms with van der Waals surface area (Å²) in [5.41, 5.74) is 5.13. The van der Waals surface area contributed by atoms with Crippen molar-refractivity contribution in [2.24, 2.45) is 0 Å². The van der Waals surface area contributed by atoms with Gasteiger partial charge in [-0.1, -0.05) is 23.8 Å². The zero-order valence-corrected chi connectivity index (χ0v) is 17.3. The Bertz CT molecular complexity index is 1360. The molecule has 2 N–H and O–H groups in total. The van der Waals surface area contributed by atoms with Crippen LogP contribution < -0.4 is 10.1 Å². The predicted molar refractivity (Wildman–Crippen MR) is 123 cm³/mol. The summed E-state index contributed by atoms with van der Waals surface area (Å²) >= 11 is 0. The Morgan fingerprint density at radius 3 is 2.55 bits per heavy atom. The van der Waals surface area contributed by atoms with Crippen LogP contribution in [0.3, 0.4) is 0 Å². The molecule has 0 aliphatic carbocycles. The van der Waals surface area contributed by atoms with Crippen molar-refractivity contribution in [3.05, 3.63) is 90.1 Å². The molecule has 2 heterocycles. The van der Waals surface area contributed by atoms with E-state index in [0.717, 1.165) is 33.7 Å². The van der Waals surface area contributed by atoms with E-state index >= 15 is 0 Å². The molecule has 0 aliphatic rings. The molecule has 0 bridgehead atoms. The molecule has 5 rings (SSSR count). The maximum absolute atomic E-state index is 6.13. The first-order valence-electron chi connectivity index (χ1n) is 10.0. The number of benzene rings is 3. The smallest absolute Gasteiger partial charge is 0.246 e. The molecule has 0 fully saturated rings. The lowest BCUT2D eigenvalue weighted by molar-refractivity contribution is 0.488. The van der Waals surface area contributed by atoms with Crippen molar-refractivity contribution in [1.82, 2.24) is 20.2 Å². The number of pyridine rings is 1. The number of aryl methyl sites for hydroxylation is 2. The molecule has 0 amide bonds. The summed E-state index contributed by atoms with van der Waals surface area (Å²) in [6, 6.07) is 23.9. The van der Waals surface area contributed by atoms with Crippen molar-refractivity contribution in [3.8, 4) is 22.9 Å². The zero-order valence-electron chi connectivity index (χ0n) is 17.3. The van der Waals surface area contributed by atoms with Gasteiger partial charge in [-0.2, -0.15) is 4.98 Å². The van der Waals surface area contributed by atoms with E-state index in [0.29, 0.717) is 11.8 Å². The van der Waals surface area contributed by atoms with E-state index in [1.54, 1.807) is 6.20 Å². The highest BCUT2D eigenvalue weighted by molar-refractivity contribution is 5.85. The normalized spacial score (nSPS) is 10.9. The van der Waals surface area contributed by atoms with Gasteiger partial charge in [-0.15, -0.1) is 5.10 Å². The molecular formula is C25H21N5O. The summed E-state index contributed by atoms with van der Waals surface area (Å²) < 4.78 is 6.13. The van der Waals surface area contributed by atoms with Crippen LogP contribution in [0.25, 0.3) is 22.3 Å². The third kappa shape index (κ3) is 4.09. The number of rotatable bonds is 5. The molecule has 0 aliphatic heterocycles. The number of fused-ring (bicyclic) bond motifs is 1. The summed E-state index contributed by atoms with van der Waals surface area (Å²) in [6.45, 7) is 4.11. The Labute approximate surface area is 180 Å². The summed E-state index contributed by atoms with van der Waals surface area (Å²) in [5, 5.41) is 11.5.